The van der Waals surface area contributed by atoms with Gasteiger partial charge >= 0.3 is 0 Å². The van der Waals surface area contributed by atoms with E-state index < -0.39 is 0 Å². The molecule has 41 valence electrons. The molecule has 1 radical (unpaired) electrons. The zero-order chi connectivity index (χ0) is 5.98. The van der Waals surface area contributed by atoms with Crippen LogP contribution in [0, 0.1) is 6.92 Å². The molecule has 0 aliphatic carbocycles. The summed E-state index contributed by atoms with van der Waals surface area (Å²) in [5.74, 6) is 0.0278. The van der Waals surface area contributed by atoms with Crippen LogP contribution in [0.5, 0.6) is 0 Å². The predicted molar refractivity (Wildman–Crippen MR) is 28.4 cm³/mol. The van der Waals surface area contributed by atoms with Gasteiger partial charge in [0.05, 0.1) is 6.26 Å². The van der Waals surface area contributed by atoms with Crippen molar-refractivity contribution in [3.8, 4) is 0 Å². The van der Waals surface area contributed by atoms with Crippen molar-refractivity contribution in [2.75, 3.05) is 0 Å². The van der Waals surface area contributed by atoms with Crippen LogP contribution in [0.2, 0.25) is 0 Å². The fraction of sp³-hybridized carbons (Fsp3) is 0. The smallest absolute Gasteiger partial charge is 0.198 e. The van der Waals surface area contributed by atoms with Crippen LogP contribution in [-0.2, 0) is 0 Å². The van der Waals surface area contributed by atoms with Crippen molar-refractivity contribution in [3.63, 3.8) is 0 Å². The number of ketones is 1. The maximum absolute atomic E-state index is 10.3. The highest BCUT2D eigenvalue weighted by Crippen LogP contribution is 1.98. The summed E-state index contributed by atoms with van der Waals surface area (Å²) in [7, 11) is 0. The van der Waals surface area contributed by atoms with Gasteiger partial charge in [-0.15, -0.1) is 0 Å². The molecule has 0 aliphatic rings. The summed E-state index contributed by atoms with van der Waals surface area (Å²) in [5.41, 5.74) is 0. The van der Waals surface area contributed by atoms with E-state index in [0.717, 1.165) is 0 Å². The Kier molecular flexibility index (Phi) is 1.16. The minimum absolute atomic E-state index is 0.282. The number of rotatable bonds is 1. The Labute approximate surface area is 47.1 Å². The standard InChI is InChI=1S/C6H5O2/c1-5(7)6-3-2-4-8-6/h2-4H,1H2. The fourth-order valence-corrected chi connectivity index (χ4v) is 0.437. The first kappa shape index (κ1) is 5.09. The van der Waals surface area contributed by atoms with Crippen LogP contribution in [-0.4, -0.2) is 5.78 Å². The second-order valence-electron chi connectivity index (χ2n) is 1.40. The molecule has 0 aromatic carbocycles. The van der Waals surface area contributed by atoms with Gasteiger partial charge in [-0.1, -0.05) is 0 Å². The topological polar surface area (TPSA) is 30.2 Å². The monoisotopic (exact) mass is 109 g/mol. The molecule has 0 fully saturated rings. The van der Waals surface area contributed by atoms with Gasteiger partial charge in [0.2, 0.25) is 0 Å². The highest BCUT2D eigenvalue weighted by atomic mass is 16.3. The molecule has 0 spiro atoms. The lowest BCUT2D eigenvalue weighted by Crippen LogP contribution is -1.85. The highest BCUT2D eigenvalue weighted by molar-refractivity contribution is 5.96. The number of Topliss-reactive ketones (excluding diaryl/α,β-unsaturated/α-hetero) is 1. The molecule has 0 saturated heterocycles. The maximum atomic E-state index is 10.3. The second-order valence-corrected chi connectivity index (χ2v) is 1.40. The number of hydrogen-bond acceptors (Lipinski definition) is 2. The van der Waals surface area contributed by atoms with E-state index in [-0.39, 0.29) is 5.78 Å². The van der Waals surface area contributed by atoms with Gasteiger partial charge in [0.15, 0.2) is 11.5 Å². The lowest BCUT2D eigenvalue weighted by molar-refractivity contribution is 0.101. The summed E-state index contributed by atoms with van der Waals surface area (Å²) in [6, 6.07) is 3.23. The molecule has 2 nitrogen and oxygen atoms in total. The number of carbonyl (C=O) groups is 1. The lowest BCUT2D eigenvalue weighted by atomic mass is 10.3. The predicted octanol–water partition coefficient (Wildman–Crippen LogP) is 1.30. The van der Waals surface area contributed by atoms with E-state index in [1.807, 2.05) is 0 Å². The van der Waals surface area contributed by atoms with Gasteiger partial charge in [0.1, 0.15) is 0 Å². The molecule has 1 heterocycles. The van der Waals surface area contributed by atoms with Gasteiger partial charge in [-0.05, 0) is 12.1 Å². The van der Waals surface area contributed by atoms with E-state index >= 15 is 0 Å². The SMILES string of the molecule is [CH2]C(=O)c1ccco1. The first-order valence-electron chi connectivity index (χ1n) is 2.20. The number of carbonyl (C=O) groups excluding carboxylic acids is 1. The first-order valence-corrected chi connectivity index (χ1v) is 2.20. The third kappa shape index (κ3) is 0.780. The molecule has 0 atom stereocenters. The van der Waals surface area contributed by atoms with Crippen molar-refractivity contribution in [1.29, 1.82) is 0 Å². The Balaban J connectivity index is 2.93. The van der Waals surface area contributed by atoms with E-state index in [1.54, 1.807) is 12.1 Å². The van der Waals surface area contributed by atoms with Gasteiger partial charge in [-0.25, -0.2) is 0 Å². The van der Waals surface area contributed by atoms with Crippen LogP contribution in [0.15, 0.2) is 22.8 Å². The highest BCUT2D eigenvalue weighted by Gasteiger charge is 1.97. The van der Waals surface area contributed by atoms with E-state index in [2.05, 4.69) is 11.3 Å². The zero-order valence-corrected chi connectivity index (χ0v) is 4.26. The largest absolute Gasteiger partial charge is 0.461 e. The van der Waals surface area contributed by atoms with Crippen LogP contribution in [0.4, 0.5) is 0 Å². The zero-order valence-electron chi connectivity index (χ0n) is 4.26. The summed E-state index contributed by atoms with van der Waals surface area (Å²) < 4.78 is 4.68. The van der Waals surface area contributed by atoms with E-state index in [0.29, 0.717) is 5.76 Å². The summed E-state index contributed by atoms with van der Waals surface area (Å²) in [6.45, 7) is 3.15. The summed E-state index contributed by atoms with van der Waals surface area (Å²) in [6.07, 6.45) is 1.44. The average molecular weight is 109 g/mol. The molecular formula is C6H5O2. The van der Waals surface area contributed by atoms with E-state index in [4.69, 9.17) is 0 Å². The quantitative estimate of drug-likeness (QED) is 0.509. The first-order chi connectivity index (χ1) is 3.80. The molecule has 1 rings (SSSR count). The molecule has 0 unspecified atom stereocenters. The molecule has 0 saturated carbocycles. The molecule has 0 N–H and O–H groups in total. The molecule has 8 heavy (non-hydrogen) atoms. The molecule has 1 aromatic heterocycles. The van der Waals surface area contributed by atoms with Gasteiger partial charge in [0.25, 0.3) is 0 Å². The van der Waals surface area contributed by atoms with Gasteiger partial charge in [-0.3, -0.25) is 4.79 Å². The van der Waals surface area contributed by atoms with Crippen molar-refractivity contribution in [3.05, 3.63) is 31.1 Å². The Morgan fingerprint density at radius 1 is 1.75 bits per heavy atom. The lowest BCUT2D eigenvalue weighted by Gasteiger charge is -1.79. The van der Waals surface area contributed by atoms with Crippen LogP contribution < -0.4 is 0 Å². The van der Waals surface area contributed by atoms with Crippen LogP contribution in [0.1, 0.15) is 10.6 Å². The van der Waals surface area contributed by atoms with Gasteiger partial charge in [-0.2, -0.15) is 0 Å². The summed E-state index contributed by atoms with van der Waals surface area (Å²) in [4.78, 5) is 10.3. The third-order valence-electron chi connectivity index (χ3n) is 0.796. The summed E-state index contributed by atoms with van der Waals surface area (Å²) in [5, 5.41) is 0. The molecule has 1 aromatic rings. The molecule has 0 amide bonds. The Morgan fingerprint density at radius 3 is 2.75 bits per heavy atom. The van der Waals surface area contributed by atoms with Crippen molar-refractivity contribution >= 4 is 5.78 Å². The number of hydrogen-bond donors (Lipinski definition) is 0. The van der Waals surface area contributed by atoms with Crippen molar-refractivity contribution in [2.45, 2.75) is 0 Å². The van der Waals surface area contributed by atoms with E-state index in [1.165, 1.54) is 6.26 Å². The van der Waals surface area contributed by atoms with E-state index in [9.17, 15) is 4.79 Å². The average Bonchev–Trinajstić information content (AvgIpc) is 2.12. The Hall–Kier alpha value is -1.05. The molecular weight excluding hydrogens is 104 g/mol. The fourth-order valence-electron chi connectivity index (χ4n) is 0.437. The third-order valence-corrected chi connectivity index (χ3v) is 0.796. The van der Waals surface area contributed by atoms with Crippen molar-refractivity contribution in [2.24, 2.45) is 0 Å². The van der Waals surface area contributed by atoms with Crippen molar-refractivity contribution in [1.82, 2.24) is 0 Å². The van der Waals surface area contributed by atoms with Gasteiger partial charge < -0.3 is 4.42 Å². The minimum Gasteiger partial charge on any atom is -0.461 e. The second kappa shape index (κ2) is 1.82. The minimum atomic E-state index is -0.282. The Bertz CT molecular complexity index is 174. The summed E-state index contributed by atoms with van der Waals surface area (Å²) >= 11 is 0. The van der Waals surface area contributed by atoms with Crippen molar-refractivity contribution < 1.29 is 9.21 Å². The maximum Gasteiger partial charge on any atom is 0.198 e. The molecule has 0 aliphatic heterocycles. The van der Waals surface area contributed by atoms with Crippen LogP contribution in [0.25, 0.3) is 0 Å². The molecule has 2 heteroatoms. The molecule has 0 bridgehead atoms. The number of furan rings is 1. The van der Waals surface area contributed by atoms with Crippen LogP contribution in [0.3, 0.4) is 0 Å². The Morgan fingerprint density at radius 2 is 2.50 bits per heavy atom. The normalized spacial score (nSPS) is 9.12. The van der Waals surface area contributed by atoms with Crippen LogP contribution >= 0.6 is 0 Å². The van der Waals surface area contributed by atoms with Gasteiger partial charge in [0, 0.05) is 6.92 Å².